The average molecular weight is 318 g/mol. The van der Waals surface area contributed by atoms with Gasteiger partial charge in [0.1, 0.15) is 5.82 Å². The molecule has 0 saturated carbocycles. The van der Waals surface area contributed by atoms with E-state index < -0.39 is 0 Å². The number of ether oxygens (including phenoxy) is 1. The standard InChI is InChI=1S/C18H23FN2O2/c1-2-7-23-12-13-5-6-21(10-13)11-15-9-18(22)16-8-14(19)3-4-17(16)20-15/h3-4,8-9,13H,2,5-7,10-12H2,1H3,(H,20,22). The molecule has 2 heterocycles. The molecule has 0 amide bonds. The van der Waals surface area contributed by atoms with Gasteiger partial charge >= 0.3 is 0 Å². The minimum Gasteiger partial charge on any atom is -0.381 e. The van der Waals surface area contributed by atoms with Crippen molar-refractivity contribution in [2.24, 2.45) is 5.92 Å². The van der Waals surface area contributed by atoms with E-state index in [1.54, 1.807) is 12.1 Å². The van der Waals surface area contributed by atoms with E-state index in [0.717, 1.165) is 44.8 Å². The first-order valence-electron chi connectivity index (χ1n) is 8.27. The molecule has 4 nitrogen and oxygen atoms in total. The van der Waals surface area contributed by atoms with Gasteiger partial charge in [-0.25, -0.2) is 4.39 Å². The SMILES string of the molecule is CCCOCC1CCN(Cc2cc(=O)c3cc(F)ccc3[nH]2)C1. The first-order valence-corrected chi connectivity index (χ1v) is 8.27. The molecule has 1 aromatic carbocycles. The second kappa shape index (κ2) is 7.23. The van der Waals surface area contributed by atoms with Gasteiger partial charge in [0.05, 0.1) is 6.61 Å². The van der Waals surface area contributed by atoms with Gasteiger partial charge in [-0.3, -0.25) is 9.69 Å². The molecule has 1 aliphatic heterocycles. The number of aromatic nitrogens is 1. The Balaban J connectivity index is 1.66. The van der Waals surface area contributed by atoms with E-state index in [4.69, 9.17) is 4.74 Å². The number of likely N-dealkylation sites (tertiary alicyclic amines) is 1. The van der Waals surface area contributed by atoms with Crippen molar-refractivity contribution in [2.45, 2.75) is 26.3 Å². The molecule has 0 spiro atoms. The summed E-state index contributed by atoms with van der Waals surface area (Å²) in [6, 6.07) is 5.87. The Bertz CT molecular complexity index is 729. The fourth-order valence-corrected chi connectivity index (χ4v) is 3.19. The molecule has 0 bridgehead atoms. The summed E-state index contributed by atoms with van der Waals surface area (Å²) in [5, 5.41) is 0.404. The van der Waals surface area contributed by atoms with Crippen LogP contribution in [0.1, 0.15) is 25.5 Å². The van der Waals surface area contributed by atoms with Crippen LogP contribution in [0.4, 0.5) is 4.39 Å². The summed E-state index contributed by atoms with van der Waals surface area (Å²) in [6.45, 7) is 6.48. The van der Waals surface area contributed by atoms with E-state index in [1.165, 1.54) is 12.1 Å². The molecule has 5 heteroatoms. The second-order valence-electron chi connectivity index (χ2n) is 6.31. The smallest absolute Gasteiger partial charge is 0.189 e. The first-order chi connectivity index (χ1) is 11.2. The molecular weight excluding hydrogens is 295 g/mol. The van der Waals surface area contributed by atoms with Crippen molar-refractivity contribution in [3.63, 3.8) is 0 Å². The molecule has 3 rings (SSSR count). The van der Waals surface area contributed by atoms with Gasteiger partial charge in [0.15, 0.2) is 5.43 Å². The van der Waals surface area contributed by atoms with Gasteiger partial charge in [-0.2, -0.15) is 0 Å². The predicted octanol–water partition coefficient (Wildman–Crippen LogP) is 2.92. The highest BCUT2D eigenvalue weighted by molar-refractivity contribution is 5.78. The molecule has 1 aromatic heterocycles. The van der Waals surface area contributed by atoms with Gasteiger partial charge in [0.25, 0.3) is 0 Å². The predicted molar refractivity (Wildman–Crippen MR) is 89.0 cm³/mol. The maximum atomic E-state index is 13.2. The lowest BCUT2D eigenvalue weighted by molar-refractivity contribution is 0.101. The Morgan fingerprint density at radius 2 is 2.26 bits per heavy atom. The summed E-state index contributed by atoms with van der Waals surface area (Å²) < 4.78 is 18.9. The third kappa shape index (κ3) is 3.98. The molecule has 124 valence electrons. The summed E-state index contributed by atoms with van der Waals surface area (Å²) in [5.41, 5.74) is 1.44. The summed E-state index contributed by atoms with van der Waals surface area (Å²) in [7, 11) is 0. The van der Waals surface area contributed by atoms with Crippen LogP contribution in [0.5, 0.6) is 0 Å². The van der Waals surface area contributed by atoms with E-state index in [0.29, 0.717) is 23.4 Å². The average Bonchev–Trinajstić information content (AvgIpc) is 2.96. The van der Waals surface area contributed by atoms with Gasteiger partial charge in [0, 0.05) is 42.4 Å². The van der Waals surface area contributed by atoms with E-state index >= 15 is 0 Å². The maximum Gasteiger partial charge on any atom is 0.189 e. The zero-order valence-electron chi connectivity index (χ0n) is 13.5. The van der Waals surface area contributed by atoms with E-state index in [1.807, 2.05) is 0 Å². The zero-order valence-corrected chi connectivity index (χ0v) is 13.5. The molecule has 1 N–H and O–H groups in total. The van der Waals surface area contributed by atoms with Crippen molar-refractivity contribution in [1.29, 1.82) is 0 Å². The number of hydrogen-bond donors (Lipinski definition) is 1. The maximum absolute atomic E-state index is 13.2. The summed E-state index contributed by atoms with van der Waals surface area (Å²) >= 11 is 0. The number of aromatic amines is 1. The monoisotopic (exact) mass is 318 g/mol. The lowest BCUT2D eigenvalue weighted by Crippen LogP contribution is -2.23. The van der Waals surface area contributed by atoms with Crippen LogP contribution in [0.25, 0.3) is 10.9 Å². The Hall–Kier alpha value is -1.72. The summed E-state index contributed by atoms with van der Waals surface area (Å²) in [5.74, 6) is 0.188. The molecule has 0 aliphatic carbocycles. The Morgan fingerprint density at radius 1 is 1.39 bits per heavy atom. The number of halogens is 1. The van der Waals surface area contributed by atoms with Crippen LogP contribution in [-0.2, 0) is 11.3 Å². The summed E-state index contributed by atoms with van der Waals surface area (Å²) in [4.78, 5) is 17.7. The highest BCUT2D eigenvalue weighted by Gasteiger charge is 2.22. The fourth-order valence-electron chi connectivity index (χ4n) is 3.19. The van der Waals surface area contributed by atoms with Crippen LogP contribution in [0.15, 0.2) is 29.1 Å². The number of H-pyrrole nitrogens is 1. The molecular formula is C18H23FN2O2. The Labute approximate surface area is 135 Å². The third-order valence-corrected chi connectivity index (χ3v) is 4.31. The highest BCUT2D eigenvalue weighted by atomic mass is 19.1. The van der Waals surface area contributed by atoms with Crippen molar-refractivity contribution >= 4 is 10.9 Å². The third-order valence-electron chi connectivity index (χ3n) is 4.31. The lowest BCUT2D eigenvalue weighted by Gasteiger charge is -2.16. The second-order valence-corrected chi connectivity index (χ2v) is 6.31. The number of fused-ring (bicyclic) bond motifs is 1. The molecule has 2 aromatic rings. The number of benzene rings is 1. The van der Waals surface area contributed by atoms with Crippen molar-refractivity contribution in [1.82, 2.24) is 9.88 Å². The summed E-state index contributed by atoms with van der Waals surface area (Å²) in [6.07, 6.45) is 2.18. The van der Waals surface area contributed by atoms with Crippen LogP contribution in [0, 0.1) is 11.7 Å². The van der Waals surface area contributed by atoms with Crippen molar-refractivity contribution < 1.29 is 9.13 Å². The molecule has 1 fully saturated rings. The van der Waals surface area contributed by atoms with E-state index in [9.17, 15) is 9.18 Å². The van der Waals surface area contributed by atoms with Crippen LogP contribution < -0.4 is 5.43 Å². The normalized spacial score (nSPS) is 18.8. The van der Waals surface area contributed by atoms with Gasteiger partial charge in [-0.05, 0) is 43.5 Å². The Morgan fingerprint density at radius 3 is 3.09 bits per heavy atom. The number of nitrogens with one attached hydrogen (secondary N) is 1. The van der Waals surface area contributed by atoms with Crippen molar-refractivity contribution in [3.05, 3.63) is 46.0 Å². The first kappa shape index (κ1) is 16.1. The van der Waals surface area contributed by atoms with Gasteiger partial charge < -0.3 is 9.72 Å². The number of pyridine rings is 1. The topological polar surface area (TPSA) is 45.3 Å². The molecule has 1 atom stereocenters. The number of rotatable bonds is 6. The van der Waals surface area contributed by atoms with Crippen molar-refractivity contribution in [2.75, 3.05) is 26.3 Å². The lowest BCUT2D eigenvalue weighted by atomic mass is 10.1. The van der Waals surface area contributed by atoms with Gasteiger partial charge in [-0.1, -0.05) is 6.92 Å². The largest absolute Gasteiger partial charge is 0.381 e. The molecule has 1 aliphatic rings. The molecule has 1 unspecified atom stereocenters. The van der Waals surface area contributed by atoms with Crippen LogP contribution in [0.2, 0.25) is 0 Å². The highest BCUT2D eigenvalue weighted by Crippen LogP contribution is 2.19. The van der Waals surface area contributed by atoms with Gasteiger partial charge in [0.2, 0.25) is 0 Å². The van der Waals surface area contributed by atoms with Crippen LogP contribution in [0.3, 0.4) is 0 Å². The fraction of sp³-hybridized carbons (Fsp3) is 0.500. The quantitative estimate of drug-likeness (QED) is 0.833. The zero-order chi connectivity index (χ0) is 16.2. The number of nitrogens with zero attached hydrogens (tertiary/aromatic N) is 1. The van der Waals surface area contributed by atoms with Crippen LogP contribution >= 0.6 is 0 Å². The number of hydrogen-bond acceptors (Lipinski definition) is 3. The molecule has 23 heavy (non-hydrogen) atoms. The Kier molecular flexibility index (Phi) is 5.08. The van der Waals surface area contributed by atoms with Gasteiger partial charge in [-0.15, -0.1) is 0 Å². The minimum absolute atomic E-state index is 0.129. The van der Waals surface area contributed by atoms with Crippen molar-refractivity contribution in [3.8, 4) is 0 Å². The molecule has 0 radical (unpaired) electrons. The molecule has 1 saturated heterocycles. The van der Waals surface area contributed by atoms with E-state index in [2.05, 4.69) is 16.8 Å². The van der Waals surface area contributed by atoms with Crippen LogP contribution in [-0.4, -0.2) is 36.2 Å². The minimum atomic E-state index is -0.384. The van der Waals surface area contributed by atoms with E-state index in [-0.39, 0.29) is 11.2 Å².